The van der Waals surface area contributed by atoms with Gasteiger partial charge in [-0.05, 0) is 19.3 Å². The van der Waals surface area contributed by atoms with Crippen molar-refractivity contribution in [2.24, 2.45) is 16.5 Å². The van der Waals surface area contributed by atoms with Crippen LogP contribution in [0.2, 0.25) is 0 Å². The molecular formula is C7H12ClN3. The van der Waals surface area contributed by atoms with Crippen LogP contribution in [-0.2, 0) is 0 Å². The Balaban J connectivity index is 2.50. The highest BCUT2D eigenvalue weighted by Gasteiger charge is 2.16. The first-order valence-electron chi connectivity index (χ1n) is 3.65. The number of hydrogen-bond acceptors (Lipinski definition) is 3. The maximum Gasteiger partial charge on any atom is 0.148 e. The third kappa shape index (κ3) is 2.12. The topological polar surface area (TPSA) is 64.4 Å². The van der Waals surface area contributed by atoms with Gasteiger partial charge in [0.1, 0.15) is 5.17 Å². The van der Waals surface area contributed by atoms with Crippen LogP contribution in [0.15, 0.2) is 16.9 Å². The molecule has 1 aliphatic carbocycles. The zero-order chi connectivity index (χ0) is 8.27. The third-order valence-corrected chi connectivity index (χ3v) is 2.10. The van der Waals surface area contributed by atoms with Crippen LogP contribution in [0.4, 0.5) is 0 Å². The molecule has 62 valence electrons. The molecule has 0 saturated heterocycles. The smallest absolute Gasteiger partial charge is 0.148 e. The lowest BCUT2D eigenvalue weighted by Gasteiger charge is -2.21. The van der Waals surface area contributed by atoms with Crippen LogP contribution < -0.4 is 11.5 Å². The van der Waals surface area contributed by atoms with E-state index in [-0.39, 0.29) is 0 Å². The van der Waals surface area contributed by atoms with E-state index in [1.165, 1.54) is 12.6 Å². The first kappa shape index (κ1) is 8.40. The van der Waals surface area contributed by atoms with Crippen LogP contribution in [-0.4, -0.2) is 11.2 Å². The average Bonchev–Trinajstić information content (AvgIpc) is 1.94. The van der Waals surface area contributed by atoms with Crippen LogP contribution >= 0.6 is 11.6 Å². The van der Waals surface area contributed by atoms with Crippen LogP contribution in [0.1, 0.15) is 19.3 Å². The molecule has 0 aromatic rings. The number of allylic oxidation sites excluding steroid dienone is 1. The zero-order valence-corrected chi connectivity index (χ0v) is 7.01. The van der Waals surface area contributed by atoms with Crippen LogP contribution in [0.3, 0.4) is 0 Å². The molecule has 0 aliphatic heterocycles. The van der Waals surface area contributed by atoms with E-state index in [1.54, 1.807) is 0 Å². The van der Waals surface area contributed by atoms with Crippen LogP contribution in [0.5, 0.6) is 0 Å². The summed E-state index contributed by atoms with van der Waals surface area (Å²) in [5, 5.41) is 0.345. The van der Waals surface area contributed by atoms with Crippen molar-refractivity contribution in [3.8, 4) is 0 Å². The molecule has 0 amide bonds. The van der Waals surface area contributed by atoms with Gasteiger partial charge in [0.2, 0.25) is 0 Å². The van der Waals surface area contributed by atoms with Gasteiger partial charge in [-0.2, -0.15) is 0 Å². The molecular weight excluding hydrogens is 162 g/mol. The minimum absolute atomic E-state index is 0.345. The second kappa shape index (κ2) is 3.62. The van der Waals surface area contributed by atoms with Gasteiger partial charge in [0, 0.05) is 6.20 Å². The molecule has 0 aromatic carbocycles. The van der Waals surface area contributed by atoms with Crippen molar-refractivity contribution in [2.45, 2.75) is 25.3 Å². The Morgan fingerprint density at radius 3 is 2.55 bits per heavy atom. The van der Waals surface area contributed by atoms with Crippen molar-refractivity contribution < 1.29 is 0 Å². The quantitative estimate of drug-likeness (QED) is 0.611. The van der Waals surface area contributed by atoms with E-state index in [2.05, 4.69) is 4.99 Å². The predicted molar refractivity (Wildman–Crippen MR) is 47.4 cm³/mol. The van der Waals surface area contributed by atoms with E-state index in [0.717, 1.165) is 12.8 Å². The van der Waals surface area contributed by atoms with E-state index in [1.807, 2.05) is 0 Å². The largest absolute Gasteiger partial charge is 0.403 e. The number of nitrogens with two attached hydrogens (primary N) is 2. The van der Waals surface area contributed by atoms with Gasteiger partial charge in [-0.25, -0.2) is 0 Å². The lowest BCUT2D eigenvalue weighted by molar-refractivity contribution is 0.421. The van der Waals surface area contributed by atoms with Gasteiger partial charge in [-0.1, -0.05) is 11.6 Å². The summed E-state index contributed by atoms with van der Waals surface area (Å²) in [7, 11) is 0. The van der Waals surface area contributed by atoms with Crippen LogP contribution in [0.25, 0.3) is 0 Å². The molecule has 0 radical (unpaired) electrons. The summed E-state index contributed by atoms with van der Waals surface area (Å²) in [5.41, 5.74) is 10.9. The Bertz CT molecular complexity index is 194. The van der Waals surface area contributed by atoms with E-state index < -0.39 is 0 Å². The maximum absolute atomic E-state index is 5.72. The van der Waals surface area contributed by atoms with E-state index >= 15 is 0 Å². The van der Waals surface area contributed by atoms with E-state index in [4.69, 9.17) is 23.1 Å². The lowest BCUT2D eigenvalue weighted by Crippen LogP contribution is -2.18. The fraction of sp³-hybridized carbons (Fsp3) is 0.571. The number of hydrogen-bond donors (Lipinski definition) is 2. The molecule has 4 heteroatoms. The molecule has 1 fully saturated rings. The molecule has 1 rings (SSSR count). The van der Waals surface area contributed by atoms with Gasteiger partial charge >= 0.3 is 0 Å². The summed E-state index contributed by atoms with van der Waals surface area (Å²) in [4.78, 5) is 4.16. The minimum Gasteiger partial charge on any atom is -0.403 e. The molecule has 4 N–H and O–H groups in total. The molecule has 11 heavy (non-hydrogen) atoms. The van der Waals surface area contributed by atoms with Gasteiger partial charge in [0.05, 0.1) is 11.7 Å². The molecule has 1 saturated carbocycles. The molecule has 0 heterocycles. The normalized spacial score (nSPS) is 21.5. The Labute approximate surface area is 71.1 Å². The standard InChI is InChI=1S/C7H12ClN3/c8-7(6(10)4-9)11-5-2-1-3-5/h4-5H,1-3,9-10H2/b6-4+,11-7?. The summed E-state index contributed by atoms with van der Waals surface area (Å²) in [6, 6.07) is 0.376. The number of aliphatic imine (C=N–C) groups is 1. The van der Waals surface area contributed by atoms with Crippen molar-refractivity contribution >= 4 is 16.8 Å². The zero-order valence-electron chi connectivity index (χ0n) is 6.26. The summed E-state index contributed by atoms with van der Waals surface area (Å²) in [6.45, 7) is 0. The first-order chi connectivity index (χ1) is 5.24. The van der Waals surface area contributed by atoms with Gasteiger partial charge in [-0.3, -0.25) is 4.99 Å². The fourth-order valence-electron chi connectivity index (χ4n) is 0.819. The molecule has 0 unspecified atom stereocenters. The molecule has 1 aliphatic rings. The minimum atomic E-state index is 0.345. The monoisotopic (exact) mass is 173 g/mol. The van der Waals surface area contributed by atoms with Crippen molar-refractivity contribution in [2.75, 3.05) is 0 Å². The number of nitrogens with zero attached hydrogens (tertiary/aromatic N) is 1. The van der Waals surface area contributed by atoms with Crippen molar-refractivity contribution in [3.63, 3.8) is 0 Å². The second-order valence-corrected chi connectivity index (χ2v) is 2.98. The first-order valence-corrected chi connectivity index (χ1v) is 4.03. The molecule has 0 aromatic heterocycles. The lowest BCUT2D eigenvalue weighted by atomic mass is 9.94. The summed E-state index contributed by atoms with van der Waals surface area (Å²) in [5.74, 6) is 0. The van der Waals surface area contributed by atoms with Gasteiger partial charge < -0.3 is 11.5 Å². The molecule has 0 spiro atoms. The number of halogens is 1. The van der Waals surface area contributed by atoms with Gasteiger partial charge in [0.25, 0.3) is 0 Å². The predicted octanol–water partition coefficient (Wildman–Crippen LogP) is 0.935. The highest BCUT2D eigenvalue weighted by Crippen LogP contribution is 2.22. The average molecular weight is 174 g/mol. The Morgan fingerprint density at radius 1 is 1.55 bits per heavy atom. The highest BCUT2D eigenvalue weighted by molar-refractivity contribution is 6.69. The Morgan fingerprint density at radius 2 is 2.18 bits per heavy atom. The van der Waals surface area contributed by atoms with Crippen LogP contribution in [0, 0.1) is 0 Å². The van der Waals surface area contributed by atoms with Gasteiger partial charge in [0.15, 0.2) is 0 Å². The van der Waals surface area contributed by atoms with E-state index in [9.17, 15) is 0 Å². The van der Waals surface area contributed by atoms with Crippen molar-refractivity contribution in [1.29, 1.82) is 0 Å². The Hall–Kier alpha value is -0.700. The van der Waals surface area contributed by atoms with Crippen molar-refractivity contribution in [1.82, 2.24) is 0 Å². The van der Waals surface area contributed by atoms with Crippen molar-refractivity contribution in [3.05, 3.63) is 11.9 Å². The summed E-state index contributed by atoms with van der Waals surface area (Å²) >= 11 is 5.72. The molecule has 0 bridgehead atoms. The maximum atomic E-state index is 5.72. The third-order valence-electron chi connectivity index (χ3n) is 1.79. The SMILES string of the molecule is N/C=C(/N)C(Cl)=NC1CCC1. The molecule has 3 nitrogen and oxygen atoms in total. The Kier molecular flexibility index (Phi) is 2.76. The highest BCUT2D eigenvalue weighted by atomic mass is 35.5. The molecule has 0 atom stereocenters. The number of rotatable bonds is 2. The van der Waals surface area contributed by atoms with Gasteiger partial charge in [-0.15, -0.1) is 0 Å². The fourth-order valence-corrected chi connectivity index (χ4v) is 1.02. The van der Waals surface area contributed by atoms with E-state index in [0.29, 0.717) is 16.9 Å². The summed E-state index contributed by atoms with van der Waals surface area (Å²) < 4.78 is 0. The summed E-state index contributed by atoms with van der Waals surface area (Å²) in [6.07, 6.45) is 4.75. The second-order valence-electron chi connectivity index (χ2n) is 2.63.